The molecule has 5 rings (SSSR count). The Kier molecular flexibility index (Phi) is 3.42. The Morgan fingerprint density at radius 2 is 1.92 bits per heavy atom. The first-order chi connectivity index (χ1) is 12.7. The van der Waals surface area contributed by atoms with Gasteiger partial charge in [-0.05, 0) is 48.7 Å². The van der Waals surface area contributed by atoms with E-state index in [9.17, 15) is 4.79 Å². The fourth-order valence-corrected chi connectivity index (χ4v) is 3.68. The topological polar surface area (TPSA) is 58.6 Å². The summed E-state index contributed by atoms with van der Waals surface area (Å²) in [4.78, 5) is 14.9. The average molecular weight is 348 g/mol. The minimum Gasteiger partial charge on any atom is -0.467 e. The number of amides is 1. The van der Waals surface area contributed by atoms with Gasteiger partial charge in [0.05, 0.1) is 18.4 Å². The molecule has 2 aromatic heterocycles. The van der Waals surface area contributed by atoms with E-state index >= 15 is 0 Å². The lowest BCUT2D eigenvalue weighted by Crippen LogP contribution is -2.42. The SMILES string of the molecule is C[C@@H]1C[C@H]1c1ccc([C@@H]2Nc3ccccc3C(=O)N2Cc2ccco2)o1. The maximum Gasteiger partial charge on any atom is 0.258 e. The summed E-state index contributed by atoms with van der Waals surface area (Å²) in [6.07, 6.45) is 2.44. The maximum atomic E-state index is 13.1. The number of rotatable bonds is 4. The van der Waals surface area contributed by atoms with Gasteiger partial charge in [0.25, 0.3) is 5.91 Å². The third-order valence-electron chi connectivity index (χ3n) is 5.32. The molecule has 2 aliphatic rings. The van der Waals surface area contributed by atoms with E-state index in [4.69, 9.17) is 8.83 Å². The molecule has 3 aromatic rings. The largest absolute Gasteiger partial charge is 0.467 e. The summed E-state index contributed by atoms with van der Waals surface area (Å²) in [5.74, 6) is 3.67. The molecule has 1 fully saturated rings. The number of carbonyl (C=O) groups is 1. The molecule has 1 aliphatic carbocycles. The fraction of sp³-hybridized carbons (Fsp3) is 0.286. The first-order valence-electron chi connectivity index (χ1n) is 8.99. The summed E-state index contributed by atoms with van der Waals surface area (Å²) in [5.41, 5.74) is 1.49. The van der Waals surface area contributed by atoms with Crippen LogP contribution in [0, 0.1) is 5.92 Å². The van der Waals surface area contributed by atoms with Crippen molar-refractivity contribution in [3.05, 3.63) is 77.6 Å². The van der Waals surface area contributed by atoms with Crippen molar-refractivity contribution in [2.75, 3.05) is 5.32 Å². The highest BCUT2D eigenvalue weighted by molar-refractivity contribution is 6.01. The predicted molar refractivity (Wildman–Crippen MR) is 96.6 cm³/mol. The number of benzene rings is 1. The fourth-order valence-electron chi connectivity index (χ4n) is 3.68. The summed E-state index contributed by atoms with van der Waals surface area (Å²) in [7, 11) is 0. The summed E-state index contributed by atoms with van der Waals surface area (Å²) in [5, 5.41) is 3.46. The normalized spacial score (nSPS) is 24.3. The van der Waals surface area contributed by atoms with E-state index in [1.807, 2.05) is 48.5 Å². The predicted octanol–water partition coefficient (Wildman–Crippen LogP) is 4.76. The quantitative estimate of drug-likeness (QED) is 0.738. The second kappa shape index (κ2) is 5.80. The molecule has 0 bridgehead atoms. The first kappa shape index (κ1) is 15.3. The molecule has 3 heterocycles. The lowest BCUT2D eigenvalue weighted by Gasteiger charge is -2.36. The van der Waals surface area contributed by atoms with E-state index in [1.165, 1.54) is 6.42 Å². The Morgan fingerprint density at radius 1 is 1.12 bits per heavy atom. The first-order valence-corrected chi connectivity index (χ1v) is 8.99. The minimum atomic E-state index is -0.356. The van der Waals surface area contributed by atoms with Gasteiger partial charge in [-0.25, -0.2) is 0 Å². The highest BCUT2D eigenvalue weighted by atomic mass is 16.3. The van der Waals surface area contributed by atoms with Crippen molar-refractivity contribution in [3.8, 4) is 0 Å². The van der Waals surface area contributed by atoms with Gasteiger partial charge in [-0.2, -0.15) is 0 Å². The number of furan rings is 2. The molecule has 1 aromatic carbocycles. The van der Waals surface area contributed by atoms with Crippen LogP contribution in [0.3, 0.4) is 0 Å². The van der Waals surface area contributed by atoms with E-state index in [0.29, 0.717) is 23.9 Å². The van der Waals surface area contributed by atoms with Crippen molar-refractivity contribution in [3.63, 3.8) is 0 Å². The monoisotopic (exact) mass is 348 g/mol. The van der Waals surface area contributed by atoms with Crippen LogP contribution in [-0.4, -0.2) is 10.8 Å². The van der Waals surface area contributed by atoms with Crippen molar-refractivity contribution in [2.45, 2.75) is 32.0 Å². The Bertz CT molecular complexity index is 944. The van der Waals surface area contributed by atoms with Crippen LogP contribution in [0.5, 0.6) is 0 Å². The maximum absolute atomic E-state index is 13.1. The smallest absolute Gasteiger partial charge is 0.258 e. The van der Waals surface area contributed by atoms with E-state index in [2.05, 4.69) is 12.2 Å². The lowest BCUT2D eigenvalue weighted by atomic mass is 10.1. The van der Waals surface area contributed by atoms with Gasteiger partial charge in [0.15, 0.2) is 6.17 Å². The molecular weight excluding hydrogens is 328 g/mol. The van der Waals surface area contributed by atoms with Crippen LogP contribution < -0.4 is 5.32 Å². The van der Waals surface area contributed by atoms with E-state index in [-0.39, 0.29) is 12.1 Å². The van der Waals surface area contributed by atoms with Gasteiger partial charge in [-0.3, -0.25) is 4.79 Å². The molecular formula is C21H20N2O3. The molecule has 132 valence electrons. The number of nitrogens with one attached hydrogen (secondary N) is 1. The van der Waals surface area contributed by atoms with Crippen LogP contribution >= 0.6 is 0 Å². The zero-order valence-corrected chi connectivity index (χ0v) is 14.5. The lowest BCUT2D eigenvalue weighted by molar-refractivity contribution is 0.0628. The molecule has 3 atom stereocenters. The van der Waals surface area contributed by atoms with Crippen LogP contribution in [0.4, 0.5) is 5.69 Å². The van der Waals surface area contributed by atoms with Crippen molar-refractivity contribution in [1.29, 1.82) is 0 Å². The molecule has 26 heavy (non-hydrogen) atoms. The Balaban J connectivity index is 1.52. The van der Waals surface area contributed by atoms with E-state index in [1.54, 1.807) is 11.2 Å². The van der Waals surface area contributed by atoms with Crippen molar-refractivity contribution in [1.82, 2.24) is 4.90 Å². The number of fused-ring (bicyclic) bond motifs is 1. The second-order valence-corrected chi connectivity index (χ2v) is 7.16. The summed E-state index contributed by atoms with van der Waals surface area (Å²) in [6, 6.07) is 15.3. The average Bonchev–Trinajstić information content (AvgIpc) is 3.08. The Morgan fingerprint density at radius 3 is 2.69 bits per heavy atom. The van der Waals surface area contributed by atoms with Crippen molar-refractivity contribution in [2.24, 2.45) is 5.92 Å². The van der Waals surface area contributed by atoms with Crippen LogP contribution in [0.1, 0.15) is 53.1 Å². The zero-order valence-electron chi connectivity index (χ0n) is 14.5. The van der Waals surface area contributed by atoms with Gasteiger partial charge in [0.1, 0.15) is 17.3 Å². The number of anilines is 1. The van der Waals surface area contributed by atoms with Crippen molar-refractivity contribution >= 4 is 11.6 Å². The summed E-state index contributed by atoms with van der Waals surface area (Å²) < 4.78 is 11.6. The molecule has 0 unspecified atom stereocenters. The third kappa shape index (κ3) is 2.51. The third-order valence-corrected chi connectivity index (χ3v) is 5.32. The van der Waals surface area contributed by atoms with Crippen molar-refractivity contribution < 1.29 is 13.6 Å². The molecule has 0 spiro atoms. The number of nitrogens with zero attached hydrogens (tertiary/aromatic N) is 1. The number of carbonyl (C=O) groups excluding carboxylic acids is 1. The van der Waals surface area contributed by atoms with E-state index < -0.39 is 0 Å². The van der Waals surface area contributed by atoms with E-state index in [0.717, 1.165) is 23.0 Å². The van der Waals surface area contributed by atoms with Gasteiger partial charge in [-0.15, -0.1) is 0 Å². The van der Waals surface area contributed by atoms with Gasteiger partial charge < -0.3 is 19.1 Å². The number of hydrogen-bond donors (Lipinski definition) is 1. The van der Waals surface area contributed by atoms with Gasteiger partial charge in [0, 0.05) is 11.6 Å². The second-order valence-electron chi connectivity index (χ2n) is 7.16. The molecule has 1 amide bonds. The van der Waals surface area contributed by atoms with Crippen LogP contribution in [-0.2, 0) is 6.54 Å². The zero-order chi connectivity index (χ0) is 17.7. The standard InChI is InChI=1S/C21H20N2O3/c1-13-11-16(13)18-8-9-19(26-18)20-22-17-7-3-2-6-15(17)21(24)23(20)12-14-5-4-10-25-14/h2-10,13,16,20,22H,11-12H2,1H3/t13-,16-,20-/m1/s1. The van der Waals surface area contributed by atoms with Crippen LogP contribution in [0.25, 0.3) is 0 Å². The molecule has 0 radical (unpaired) electrons. The van der Waals surface area contributed by atoms with Gasteiger partial charge in [0.2, 0.25) is 0 Å². The molecule has 1 N–H and O–H groups in total. The molecule has 0 saturated heterocycles. The Labute approximate surface area is 151 Å². The van der Waals surface area contributed by atoms with Gasteiger partial charge >= 0.3 is 0 Å². The molecule has 1 saturated carbocycles. The summed E-state index contributed by atoms with van der Waals surface area (Å²) >= 11 is 0. The molecule has 1 aliphatic heterocycles. The molecule has 5 heteroatoms. The van der Waals surface area contributed by atoms with Gasteiger partial charge in [-0.1, -0.05) is 19.1 Å². The van der Waals surface area contributed by atoms with Crippen LogP contribution in [0.15, 0.2) is 63.6 Å². The summed E-state index contributed by atoms with van der Waals surface area (Å²) in [6.45, 7) is 2.61. The number of para-hydroxylation sites is 1. The molecule has 5 nitrogen and oxygen atoms in total. The highest BCUT2D eigenvalue weighted by Crippen LogP contribution is 2.48. The van der Waals surface area contributed by atoms with Crippen LogP contribution in [0.2, 0.25) is 0 Å². The minimum absolute atomic E-state index is 0.0292. The highest BCUT2D eigenvalue weighted by Gasteiger charge is 2.39. The Hall–Kier alpha value is -2.95. The number of hydrogen-bond acceptors (Lipinski definition) is 4.